The van der Waals surface area contributed by atoms with Gasteiger partial charge in [0.05, 0.1) is 6.61 Å². The Morgan fingerprint density at radius 1 is 0.676 bits per heavy atom. The molecule has 0 radical (unpaired) electrons. The highest BCUT2D eigenvalue weighted by Crippen LogP contribution is 2.50. The zero-order valence-electron chi connectivity index (χ0n) is 23.5. The third kappa shape index (κ3) is 5.34. The molecule has 4 atom stereocenters. The van der Waals surface area contributed by atoms with E-state index in [1.807, 2.05) is 0 Å². The summed E-state index contributed by atoms with van der Waals surface area (Å²) in [4.78, 5) is 0. The maximum atomic E-state index is 7.34. The van der Waals surface area contributed by atoms with Crippen LogP contribution in [-0.4, -0.2) is 56.9 Å². The van der Waals surface area contributed by atoms with Crippen molar-refractivity contribution in [1.82, 2.24) is 0 Å². The van der Waals surface area contributed by atoms with Crippen LogP contribution in [-0.2, 0) is 26.6 Å². The van der Waals surface area contributed by atoms with Crippen LogP contribution in [0.25, 0.3) is 0 Å². The summed E-state index contributed by atoms with van der Waals surface area (Å²) in [7, 11) is -7.55. The lowest BCUT2D eigenvalue weighted by Crippen LogP contribution is -2.66. The van der Waals surface area contributed by atoms with Crippen molar-refractivity contribution < 1.29 is 26.6 Å². The first-order valence-corrected chi connectivity index (χ1v) is 20.2. The Labute approximate surface area is 212 Å². The summed E-state index contributed by atoms with van der Waals surface area (Å²) in [5, 5.41) is 0. The lowest BCUT2D eigenvalue weighted by molar-refractivity contribution is -0.0977. The van der Waals surface area contributed by atoms with E-state index in [4.69, 9.17) is 26.6 Å². The molecule has 0 amide bonds. The normalized spacial score (nSPS) is 32.3. The Bertz CT molecular complexity index is 635. The van der Waals surface area contributed by atoms with E-state index in [1.165, 1.54) is 0 Å². The summed E-state index contributed by atoms with van der Waals surface area (Å²) >= 11 is 0. The summed E-state index contributed by atoms with van der Waals surface area (Å²) in [5.41, 5.74) is 1.24. The first-order valence-electron chi connectivity index (χ1n) is 14.0. The summed E-state index contributed by atoms with van der Waals surface area (Å²) in [6.07, 6.45) is 3.73. The molecule has 0 N–H and O–H groups in total. The van der Waals surface area contributed by atoms with Gasteiger partial charge in [0, 0.05) is 0 Å². The van der Waals surface area contributed by atoms with Crippen molar-refractivity contribution in [3.8, 4) is 0 Å². The summed E-state index contributed by atoms with van der Waals surface area (Å²) in [6.45, 7) is 23.0. The van der Waals surface area contributed by atoms with Gasteiger partial charge in [-0.05, 0) is 34.3 Å². The second kappa shape index (κ2) is 11.4. The number of hydrogen-bond acceptors (Lipinski definition) is 6. The second-order valence-corrected chi connectivity index (χ2v) is 24.1. The molecule has 34 heavy (non-hydrogen) atoms. The summed E-state index contributed by atoms with van der Waals surface area (Å²) < 4.78 is 41.7. The van der Waals surface area contributed by atoms with Gasteiger partial charge in [-0.2, -0.15) is 0 Å². The van der Waals surface area contributed by atoms with Gasteiger partial charge in [0.1, 0.15) is 18.3 Å². The Morgan fingerprint density at radius 3 is 1.68 bits per heavy atom. The van der Waals surface area contributed by atoms with Crippen molar-refractivity contribution in [3.05, 3.63) is 0 Å². The van der Waals surface area contributed by atoms with Crippen molar-refractivity contribution in [2.45, 2.75) is 154 Å². The Hall–Kier alpha value is 0.411. The van der Waals surface area contributed by atoms with Gasteiger partial charge in [0.25, 0.3) is 0 Å². The highest BCUT2D eigenvalue weighted by atomic mass is 28.5. The third-order valence-electron chi connectivity index (χ3n) is 8.10. The molecule has 0 unspecified atom stereocenters. The fraction of sp³-hybridized carbons (Fsp3) is 1.00. The minimum Gasteiger partial charge on any atom is -0.414 e. The van der Waals surface area contributed by atoms with Crippen LogP contribution in [0.5, 0.6) is 0 Å². The van der Waals surface area contributed by atoms with Crippen LogP contribution < -0.4 is 0 Å². The average Bonchev–Trinajstić information content (AvgIpc) is 3.25. The third-order valence-corrected chi connectivity index (χ3v) is 21.9. The molecule has 3 heterocycles. The SMILES string of the molecule is CCCC[Si]1(CCCC)O[C@@H]2O[C@@H]3CO[Si](C(C)C)(C(C)C)O[Si](C(C)C)(C(C)C)O[C@H]3[C@@H]2O1. The van der Waals surface area contributed by atoms with Gasteiger partial charge in [-0.25, -0.2) is 0 Å². The van der Waals surface area contributed by atoms with E-state index in [2.05, 4.69) is 69.2 Å². The average molecular weight is 533 g/mol. The van der Waals surface area contributed by atoms with Gasteiger partial charge in [-0.3, -0.25) is 0 Å². The molecule has 0 aliphatic carbocycles. The molecule has 0 bridgehead atoms. The van der Waals surface area contributed by atoms with Gasteiger partial charge in [0.2, 0.25) is 0 Å². The molecule has 0 spiro atoms. The van der Waals surface area contributed by atoms with Crippen LogP contribution in [0.2, 0.25) is 34.3 Å². The van der Waals surface area contributed by atoms with Crippen molar-refractivity contribution in [2.75, 3.05) is 6.61 Å². The molecular formula is C25H52O6Si3. The number of rotatable bonds is 10. The van der Waals surface area contributed by atoms with Crippen molar-refractivity contribution in [3.63, 3.8) is 0 Å². The first kappa shape index (κ1) is 29.0. The second-order valence-electron chi connectivity index (χ2n) is 11.9. The molecule has 3 rings (SSSR count). The molecule has 3 fully saturated rings. The van der Waals surface area contributed by atoms with Crippen LogP contribution in [0.3, 0.4) is 0 Å². The number of fused-ring (bicyclic) bond motifs is 3. The molecule has 3 aliphatic heterocycles. The minimum absolute atomic E-state index is 0.169. The lowest BCUT2D eigenvalue weighted by atomic mass is 10.1. The van der Waals surface area contributed by atoms with E-state index in [0.717, 1.165) is 37.8 Å². The molecule has 0 aromatic heterocycles. The maximum Gasteiger partial charge on any atom is 0.340 e. The minimum atomic E-state index is -2.69. The Kier molecular flexibility index (Phi) is 9.74. The van der Waals surface area contributed by atoms with Crippen LogP contribution in [0.1, 0.15) is 94.9 Å². The molecule has 200 valence electrons. The highest BCUT2D eigenvalue weighted by Gasteiger charge is 2.65. The van der Waals surface area contributed by atoms with E-state index in [-0.39, 0.29) is 24.6 Å². The van der Waals surface area contributed by atoms with Crippen molar-refractivity contribution in [1.29, 1.82) is 0 Å². The highest BCUT2D eigenvalue weighted by molar-refractivity contribution is 6.84. The Morgan fingerprint density at radius 2 is 1.21 bits per heavy atom. The van der Waals surface area contributed by atoms with Gasteiger partial charge >= 0.3 is 25.7 Å². The molecule has 6 nitrogen and oxygen atoms in total. The number of ether oxygens (including phenoxy) is 1. The van der Waals surface area contributed by atoms with Gasteiger partial charge in [-0.1, -0.05) is 94.9 Å². The van der Waals surface area contributed by atoms with E-state index in [9.17, 15) is 0 Å². The van der Waals surface area contributed by atoms with Crippen LogP contribution in [0.15, 0.2) is 0 Å². The molecule has 3 aliphatic rings. The van der Waals surface area contributed by atoms with Crippen molar-refractivity contribution in [2.24, 2.45) is 0 Å². The molecule has 9 heteroatoms. The first-order chi connectivity index (χ1) is 16.0. The largest absolute Gasteiger partial charge is 0.414 e. The smallest absolute Gasteiger partial charge is 0.340 e. The number of unbranched alkanes of at least 4 members (excludes halogenated alkanes) is 2. The summed E-state index contributed by atoms with van der Waals surface area (Å²) in [5.74, 6) is 0. The topological polar surface area (TPSA) is 55.4 Å². The molecule has 0 aromatic carbocycles. The van der Waals surface area contributed by atoms with Gasteiger partial charge < -0.3 is 26.6 Å². The van der Waals surface area contributed by atoms with Crippen LogP contribution >= 0.6 is 0 Å². The van der Waals surface area contributed by atoms with E-state index in [1.54, 1.807) is 0 Å². The van der Waals surface area contributed by atoms with E-state index >= 15 is 0 Å². The molecule has 3 saturated heterocycles. The monoisotopic (exact) mass is 532 g/mol. The van der Waals surface area contributed by atoms with E-state index in [0.29, 0.717) is 28.8 Å². The predicted octanol–water partition coefficient (Wildman–Crippen LogP) is 7.13. The molecule has 0 aromatic rings. The van der Waals surface area contributed by atoms with Gasteiger partial charge in [-0.15, -0.1) is 0 Å². The molecule has 0 saturated carbocycles. The number of hydrogen-bond donors (Lipinski definition) is 0. The maximum absolute atomic E-state index is 7.34. The van der Waals surface area contributed by atoms with Gasteiger partial charge in [0.15, 0.2) is 6.29 Å². The van der Waals surface area contributed by atoms with Crippen molar-refractivity contribution >= 4 is 25.7 Å². The zero-order valence-corrected chi connectivity index (χ0v) is 26.5. The van der Waals surface area contributed by atoms with E-state index < -0.39 is 25.7 Å². The standard InChI is InChI=1S/C25H52O6Si3/c1-11-13-15-32(16-14-12-2)28-24-23-22(27-25(24)30-32)17-26-33(18(3)4,19(5)6)31-34(29-23,20(7)8)21(9)10/h18-25H,11-17H2,1-10H3/t22-,23-,24+,25+/m1/s1. The Balaban J connectivity index is 1.95. The predicted molar refractivity (Wildman–Crippen MR) is 144 cm³/mol. The quantitative estimate of drug-likeness (QED) is 0.279. The van der Waals surface area contributed by atoms with Crippen LogP contribution in [0, 0.1) is 0 Å². The van der Waals surface area contributed by atoms with Crippen LogP contribution in [0.4, 0.5) is 0 Å². The zero-order chi connectivity index (χ0) is 25.3. The summed E-state index contributed by atoms with van der Waals surface area (Å²) in [6, 6.07) is 2.08. The fourth-order valence-corrected chi connectivity index (χ4v) is 21.2. The fourth-order valence-electron chi connectivity index (χ4n) is 6.07. The lowest BCUT2D eigenvalue weighted by Gasteiger charge is -2.51. The molecular weight excluding hydrogens is 481 g/mol.